The average molecular weight is 256 g/mol. The van der Waals surface area contributed by atoms with Crippen molar-refractivity contribution in [2.24, 2.45) is 17.6 Å². The zero-order valence-corrected chi connectivity index (χ0v) is 12.1. The molecule has 0 bridgehead atoms. The van der Waals surface area contributed by atoms with Gasteiger partial charge in [0.2, 0.25) is 0 Å². The van der Waals surface area contributed by atoms with Gasteiger partial charge in [-0.3, -0.25) is 0 Å². The van der Waals surface area contributed by atoms with Gasteiger partial charge in [0.25, 0.3) is 0 Å². The SMILES string of the molecule is CCC1CN(CC2CCCCC2CN)CCS1. The lowest BCUT2D eigenvalue weighted by molar-refractivity contribution is 0.157. The summed E-state index contributed by atoms with van der Waals surface area (Å²) in [6.45, 7) is 7.16. The van der Waals surface area contributed by atoms with Crippen molar-refractivity contribution in [3.8, 4) is 0 Å². The Bertz CT molecular complexity index is 222. The summed E-state index contributed by atoms with van der Waals surface area (Å²) in [6, 6.07) is 0. The predicted octanol–water partition coefficient (Wildman–Crippen LogP) is 2.58. The van der Waals surface area contributed by atoms with Crippen LogP contribution in [0, 0.1) is 11.8 Å². The van der Waals surface area contributed by atoms with Crippen molar-refractivity contribution in [1.82, 2.24) is 4.90 Å². The molecular weight excluding hydrogens is 228 g/mol. The van der Waals surface area contributed by atoms with Gasteiger partial charge in [-0.2, -0.15) is 11.8 Å². The van der Waals surface area contributed by atoms with Crippen molar-refractivity contribution in [2.45, 2.75) is 44.3 Å². The number of hydrogen-bond donors (Lipinski definition) is 1. The van der Waals surface area contributed by atoms with Crippen LogP contribution in [0.1, 0.15) is 39.0 Å². The van der Waals surface area contributed by atoms with Crippen molar-refractivity contribution < 1.29 is 0 Å². The summed E-state index contributed by atoms with van der Waals surface area (Å²) in [5.41, 5.74) is 5.93. The maximum atomic E-state index is 5.93. The summed E-state index contributed by atoms with van der Waals surface area (Å²) in [4.78, 5) is 2.71. The first-order chi connectivity index (χ1) is 8.33. The largest absolute Gasteiger partial charge is 0.330 e. The third-order valence-corrected chi connectivity index (χ3v) is 5.91. The standard InChI is InChI=1S/C14H28N2S/c1-2-14-11-16(7-8-17-14)10-13-6-4-3-5-12(13)9-15/h12-14H,2-11,15H2,1H3. The Morgan fingerprint density at radius 3 is 2.71 bits per heavy atom. The van der Waals surface area contributed by atoms with E-state index in [2.05, 4.69) is 23.6 Å². The molecule has 2 N–H and O–H groups in total. The van der Waals surface area contributed by atoms with Gasteiger partial charge >= 0.3 is 0 Å². The van der Waals surface area contributed by atoms with Gasteiger partial charge in [-0.15, -0.1) is 0 Å². The number of rotatable bonds is 4. The molecule has 2 nitrogen and oxygen atoms in total. The second-order valence-electron chi connectivity index (χ2n) is 5.70. The lowest BCUT2D eigenvalue weighted by atomic mass is 9.79. The minimum Gasteiger partial charge on any atom is -0.330 e. The third kappa shape index (κ3) is 3.87. The van der Waals surface area contributed by atoms with E-state index in [1.54, 1.807) is 0 Å². The summed E-state index contributed by atoms with van der Waals surface area (Å²) in [5, 5.41) is 0.878. The molecule has 0 aromatic heterocycles. The fourth-order valence-corrected chi connectivity index (χ4v) is 4.61. The first kappa shape index (κ1) is 13.7. The Morgan fingerprint density at radius 1 is 1.24 bits per heavy atom. The van der Waals surface area contributed by atoms with Crippen LogP contribution in [0.3, 0.4) is 0 Å². The molecule has 2 fully saturated rings. The van der Waals surface area contributed by atoms with Gasteiger partial charge in [-0.25, -0.2) is 0 Å². The molecule has 1 aliphatic carbocycles. The van der Waals surface area contributed by atoms with E-state index in [9.17, 15) is 0 Å². The Labute approximate surface area is 111 Å². The zero-order valence-electron chi connectivity index (χ0n) is 11.2. The van der Waals surface area contributed by atoms with Crippen molar-refractivity contribution in [3.05, 3.63) is 0 Å². The van der Waals surface area contributed by atoms with E-state index in [1.165, 1.54) is 57.5 Å². The Morgan fingerprint density at radius 2 is 2.00 bits per heavy atom. The Kier molecular flexibility index (Phi) is 5.64. The van der Waals surface area contributed by atoms with Crippen molar-refractivity contribution >= 4 is 11.8 Å². The first-order valence-electron chi connectivity index (χ1n) is 7.37. The molecule has 17 heavy (non-hydrogen) atoms. The molecular formula is C14H28N2S. The number of thioether (sulfide) groups is 1. The Hall–Kier alpha value is 0.270. The van der Waals surface area contributed by atoms with E-state index in [4.69, 9.17) is 5.73 Å². The monoisotopic (exact) mass is 256 g/mol. The number of nitrogens with zero attached hydrogens (tertiary/aromatic N) is 1. The second kappa shape index (κ2) is 7.01. The molecule has 0 amide bonds. The molecule has 3 atom stereocenters. The molecule has 100 valence electrons. The minimum absolute atomic E-state index is 0.804. The van der Waals surface area contributed by atoms with Crippen LogP contribution < -0.4 is 5.73 Å². The molecule has 1 saturated carbocycles. The lowest BCUT2D eigenvalue weighted by Crippen LogP contribution is -2.43. The average Bonchev–Trinajstić information content (AvgIpc) is 2.39. The molecule has 1 heterocycles. The van der Waals surface area contributed by atoms with Crippen LogP contribution in [0.5, 0.6) is 0 Å². The van der Waals surface area contributed by atoms with Gasteiger partial charge in [-0.1, -0.05) is 19.8 Å². The molecule has 3 unspecified atom stereocenters. The first-order valence-corrected chi connectivity index (χ1v) is 8.42. The fraction of sp³-hybridized carbons (Fsp3) is 1.00. The number of hydrogen-bond acceptors (Lipinski definition) is 3. The number of nitrogens with two attached hydrogens (primary N) is 1. The Balaban J connectivity index is 1.81. The molecule has 0 spiro atoms. The zero-order chi connectivity index (χ0) is 12.1. The molecule has 2 aliphatic rings. The quantitative estimate of drug-likeness (QED) is 0.838. The lowest BCUT2D eigenvalue weighted by Gasteiger charge is -2.38. The highest BCUT2D eigenvalue weighted by Crippen LogP contribution is 2.31. The molecule has 3 heteroatoms. The van der Waals surface area contributed by atoms with Gasteiger partial charge in [0.15, 0.2) is 0 Å². The molecule has 0 aromatic carbocycles. The molecule has 0 radical (unpaired) electrons. The van der Waals surface area contributed by atoms with E-state index in [0.717, 1.165) is 23.6 Å². The normalized spacial score (nSPS) is 36.0. The van der Waals surface area contributed by atoms with E-state index in [-0.39, 0.29) is 0 Å². The van der Waals surface area contributed by atoms with E-state index in [0.29, 0.717) is 0 Å². The van der Waals surface area contributed by atoms with Gasteiger partial charge < -0.3 is 10.6 Å². The topological polar surface area (TPSA) is 29.3 Å². The van der Waals surface area contributed by atoms with Gasteiger partial charge in [0.1, 0.15) is 0 Å². The van der Waals surface area contributed by atoms with E-state index >= 15 is 0 Å². The van der Waals surface area contributed by atoms with Gasteiger partial charge in [-0.05, 0) is 37.6 Å². The second-order valence-corrected chi connectivity index (χ2v) is 7.11. The van der Waals surface area contributed by atoms with Crippen LogP contribution in [-0.4, -0.2) is 42.1 Å². The fourth-order valence-electron chi connectivity index (χ4n) is 3.36. The minimum atomic E-state index is 0.804. The summed E-state index contributed by atoms with van der Waals surface area (Å²) < 4.78 is 0. The van der Waals surface area contributed by atoms with Crippen LogP contribution in [0.4, 0.5) is 0 Å². The van der Waals surface area contributed by atoms with Crippen molar-refractivity contribution in [1.29, 1.82) is 0 Å². The predicted molar refractivity (Wildman–Crippen MR) is 77.5 cm³/mol. The molecule has 1 aliphatic heterocycles. The maximum Gasteiger partial charge on any atom is 0.0172 e. The smallest absolute Gasteiger partial charge is 0.0172 e. The highest BCUT2D eigenvalue weighted by Gasteiger charge is 2.27. The summed E-state index contributed by atoms with van der Waals surface area (Å²) in [6.07, 6.45) is 6.96. The van der Waals surface area contributed by atoms with E-state index in [1.807, 2.05) is 0 Å². The summed E-state index contributed by atoms with van der Waals surface area (Å²) in [7, 11) is 0. The van der Waals surface area contributed by atoms with Gasteiger partial charge in [0.05, 0.1) is 0 Å². The van der Waals surface area contributed by atoms with Crippen molar-refractivity contribution in [2.75, 3.05) is 31.9 Å². The van der Waals surface area contributed by atoms with Crippen LogP contribution in [0.2, 0.25) is 0 Å². The van der Waals surface area contributed by atoms with Crippen LogP contribution >= 0.6 is 11.8 Å². The van der Waals surface area contributed by atoms with Gasteiger partial charge in [0, 0.05) is 30.6 Å². The van der Waals surface area contributed by atoms with E-state index < -0.39 is 0 Å². The van der Waals surface area contributed by atoms with Crippen LogP contribution in [0.15, 0.2) is 0 Å². The highest BCUT2D eigenvalue weighted by atomic mass is 32.2. The summed E-state index contributed by atoms with van der Waals surface area (Å²) in [5.74, 6) is 3.02. The highest BCUT2D eigenvalue weighted by molar-refractivity contribution is 8.00. The molecule has 1 saturated heterocycles. The van der Waals surface area contributed by atoms with Crippen LogP contribution in [-0.2, 0) is 0 Å². The maximum absolute atomic E-state index is 5.93. The summed E-state index contributed by atoms with van der Waals surface area (Å²) >= 11 is 2.17. The van der Waals surface area contributed by atoms with Crippen molar-refractivity contribution in [3.63, 3.8) is 0 Å². The molecule has 2 rings (SSSR count). The third-order valence-electron chi connectivity index (χ3n) is 4.54. The van der Waals surface area contributed by atoms with Crippen LogP contribution in [0.25, 0.3) is 0 Å². The molecule has 0 aromatic rings.